The molecule has 0 fully saturated rings. The van der Waals surface area contributed by atoms with Crippen LogP contribution in [0.3, 0.4) is 0 Å². The summed E-state index contributed by atoms with van der Waals surface area (Å²) < 4.78 is 4.43. The Bertz CT molecular complexity index is 108. The van der Waals surface area contributed by atoms with E-state index in [1.165, 1.54) is 7.11 Å². The summed E-state index contributed by atoms with van der Waals surface area (Å²) in [5.74, 6) is 1.29. The van der Waals surface area contributed by atoms with Gasteiger partial charge in [-0.1, -0.05) is 6.92 Å². The van der Waals surface area contributed by atoms with Crippen molar-refractivity contribution >= 4 is 17.7 Å². The highest BCUT2D eigenvalue weighted by atomic mass is 32.2. The highest BCUT2D eigenvalue weighted by molar-refractivity contribution is 7.99. The van der Waals surface area contributed by atoms with Crippen LogP contribution in [0.25, 0.3) is 0 Å². The molecule has 0 aliphatic rings. The minimum atomic E-state index is -0.463. The molecule has 60 valence electrons. The summed E-state index contributed by atoms with van der Waals surface area (Å²) in [6.45, 7) is 2.02. The van der Waals surface area contributed by atoms with Gasteiger partial charge in [-0.05, 0) is 5.75 Å². The monoisotopic (exact) mass is 163 g/mol. The number of methoxy groups -OCH3 is 1. The summed E-state index contributed by atoms with van der Waals surface area (Å²) in [6.07, 6.45) is 0. The van der Waals surface area contributed by atoms with Crippen molar-refractivity contribution in [3.05, 3.63) is 0 Å². The number of carbonyl (C=O) groups is 1. The first-order valence-electron chi connectivity index (χ1n) is 3.13. The third-order valence-electron chi connectivity index (χ3n) is 1.01. The van der Waals surface area contributed by atoms with Gasteiger partial charge in [0, 0.05) is 5.75 Å². The molecule has 0 unspecified atom stereocenters. The molecule has 0 heterocycles. The zero-order valence-electron chi connectivity index (χ0n) is 6.29. The van der Waals surface area contributed by atoms with Crippen molar-refractivity contribution in [1.29, 1.82) is 0 Å². The highest BCUT2D eigenvalue weighted by Gasteiger charge is 2.11. The van der Waals surface area contributed by atoms with Crippen molar-refractivity contribution in [2.75, 3.05) is 18.6 Å². The summed E-state index contributed by atoms with van der Waals surface area (Å²) in [6, 6.07) is -0.463. The van der Waals surface area contributed by atoms with Crippen molar-refractivity contribution in [3.8, 4) is 0 Å². The molecule has 0 saturated heterocycles. The van der Waals surface area contributed by atoms with Crippen LogP contribution in [0.2, 0.25) is 0 Å². The summed E-state index contributed by atoms with van der Waals surface area (Å²) in [4.78, 5) is 10.7. The van der Waals surface area contributed by atoms with E-state index >= 15 is 0 Å². The van der Waals surface area contributed by atoms with Gasteiger partial charge < -0.3 is 10.5 Å². The van der Waals surface area contributed by atoms with E-state index in [2.05, 4.69) is 4.74 Å². The average molecular weight is 163 g/mol. The number of hydrogen-bond acceptors (Lipinski definition) is 4. The minimum Gasteiger partial charge on any atom is -0.468 e. The standard InChI is InChI=1S/C6H13NO2S/c1-3-10-4-5(7)6(8)9-2/h5H,3-4,7H2,1-2H3/t5-/m0/s1. The zero-order valence-corrected chi connectivity index (χ0v) is 7.11. The average Bonchev–Trinajstić information content (AvgIpc) is 1.98. The van der Waals surface area contributed by atoms with E-state index in [1.54, 1.807) is 11.8 Å². The Morgan fingerprint density at radius 1 is 1.80 bits per heavy atom. The van der Waals surface area contributed by atoms with Crippen LogP contribution in [-0.4, -0.2) is 30.6 Å². The Morgan fingerprint density at radius 3 is 2.80 bits per heavy atom. The second-order valence-electron chi connectivity index (χ2n) is 1.79. The van der Waals surface area contributed by atoms with Crippen LogP contribution in [0.4, 0.5) is 0 Å². The van der Waals surface area contributed by atoms with Gasteiger partial charge in [-0.15, -0.1) is 0 Å². The molecule has 4 heteroatoms. The lowest BCUT2D eigenvalue weighted by Gasteiger charge is -2.06. The number of hydrogen-bond donors (Lipinski definition) is 1. The molecule has 0 aliphatic heterocycles. The van der Waals surface area contributed by atoms with E-state index < -0.39 is 6.04 Å². The van der Waals surface area contributed by atoms with Crippen molar-refractivity contribution in [2.45, 2.75) is 13.0 Å². The molecule has 2 N–H and O–H groups in total. The van der Waals surface area contributed by atoms with Gasteiger partial charge in [-0.3, -0.25) is 4.79 Å². The molecule has 0 amide bonds. The molecule has 0 rings (SSSR count). The lowest BCUT2D eigenvalue weighted by molar-refractivity contribution is -0.141. The van der Waals surface area contributed by atoms with Crippen molar-refractivity contribution in [3.63, 3.8) is 0 Å². The largest absolute Gasteiger partial charge is 0.468 e. The van der Waals surface area contributed by atoms with Crippen LogP contribution >= 0.6 is 11.8 Å². The molecule has 0 saturated carbocycles. The fourth-order valence-electron chi connectivity index (χ4n) is 0.464. The SMILES string of the molecule is CCSC[C@H](N)C(=O)OC. The number of nitrogens with two attached hydrogens (primary N) is 1. The van der Waals surface area contributed by atoms with Crippen LogP contribution in [0, 0.1) is 0 Å². The van der Waals surface area contributed by atoms with Gasteiger partial charge in [-0.2, -0.15) is 11.8 Å². The summed E-state index contributed by atoms with van der Waals surface area (Å²) in [7, 11) is 1.35. The van der Waals surface area contributed by atoms with E-state index in [1.807, 2.05) is 6.92 Å². The Labute approximate surface area is 65.3 Å². The molecule has 0 aliphatic carbocycles. The van der Waals surface area contributed by atoms with E-state index in [9.17, 15) is 4.79 Å². The van der Waals surface area contributed by atoms with Gasteiger partial charge in [0.25, 0.3) is 0 Å². The van der Waals surface area contributed by atoms with Crippen molar-refractivity contribution < 1.29 is 9.53 Å². The third-order valence-corrected chi connectivity index (χ3v) is 2.01. The second-order valence-corrected chi connectivity index (χ2v) is 3.11. The first kappa shape index (κ1) is 9.78. The molecule has 1 atom stereocenters. The summed E-state index contributed by atoms with van der Waals surface area (Å²) >= 11 is 1.63. The smallest absolute Gasteiger partial charge is 0.323 e. The normalized spacial score (nSPS) is 12.7. The quantitative estimate of drug-likeness (QED) is 0.603. The maximum absolute atomic E-state index is 10.7. The van der Waals surface area contributed by atoms with Crippen LogP contribution < -0.4 is 5.73 Å². The van der Waals surface area contributed by atoms with Gasteiger partial charge in [0.1, 0.15) is 6.04 Å². The number of rotatable bonds is 4. The summed E-state index contributed by atoms with van der Waals surface area (Å²) in [5.41, 5.74) is 5.42. The second kappa shape index (κ2) is 5.56. The van der Waals surface area contributed by atoms with Gasteiger partial charge in [-0.25, -0.2) is 0 Å². The predicted molar refractivity (Wildman–Crippen MR) is 43.0 cm³/mol. The number of ether oxygens (including phenoxy) is 1. The molecule has 0 radical (unpaired) electrons. The lowest BCUT2D eigenvalue weighted by atomic mass is 10.4. The first-order valence-corrected chi connectivity index (χ1v) is 4.29. The maximum Gasteiger partial charge on any atom is 0.323 e. The topological polar surface area (TPSA) is 52.3 Å². The van der Waals surface area contributed by atoms with Gasteiger partial charge in [0.05, 0.1) is 7.11 Å². The lowest BCUT2D eigenvalue weighted by Crippen LogP contribution is -2.33. The molecule has 10 heavy (non-hydrogen) atoms. The van der Waals surface area contributed by atoms with Crippen LogP contribution in [0.15, 0.2) is 0 Å². The zero-order chi connectivity index (χ0) is 7.98. The number of thioether (sulfide) groups is 1. The molecule has 0 aromatic heterocycles. The predicted octanol–water partition coefficient (Wildman–Crippen LogP) is 0.240. The van der Waals surface area contributed by atoms with E-state index in [0.717, 1.165) is 5.75 Å². The van der Waals surface area contributed by atoms with Crippen LogP contribution in [0.5, 0.6) is 0 Å². The van der Waals surface area contributed by atoms with E-state index in [-0.39, 0.29) is 5.97 Å². The van der Waals surface area contributed by atoms with Crippen molar-refractivity contribution in [2.24, 2.45) is 5.73 Å². The van der Waals surface area contributed by atoms with Gasteiger partial charge >= 0.3 is 5.97 Å². The fourth-order valence-corrected chi connectivity index (χ4v) is 1.09. The Kier molecular flexibility index (Phi) is 5.43. The molecular weight excluding hydrogens is 150 g/mol. The Morgan fingerprint density at radius 2 is 2.40 bits per heavy atom. The molecule has 0 bridgehead atoms. The van der Waals surface area contributed by atoms with E-state index in [4.69, 9.17) is 5.73 Å². The first-order chi connectivity index (χ1) is 4.72. The maximum atomic E-state index is 10.7. The number of carbonyl (C=O) groups excluding carboxylic acids is 1. The number of esters is 1. The summed E-state index contributed by atoms with van der Waals surface area (Å²) in [5, 5.41) is 0. The molecule has 3 nitrogen and oxygen atoms in total. The van der Waals surface area contributed by atoms with Crippen LogP contribution in [0.1, 0.15) is 6.92 Å². The molecular formula is C6H13NO2S. The molecule has 0 aromatic rings. The van der Waals surface area contributed by atoms with Gasteiger partial charge in [0.15, 0.2) is 0 Å². The highest BCUT2D eigenvalue weighted by Crippen LogP contribution is 2.00. The fraction of sp³-hybridized carbons (Fsp3) is 0.833. The third kappa shape index (κ3) is 3.74. The van der Waals surface area contributed by atoms with Crippen molar-refractivity contribution in [1.82, 2.24) is 0 Å². The van der Waals surface area contributed by atoms with Crippen LogP contribution in [-0.2, 0) is 9.53 Å². The molecule has 0 spiro atoms. The Balaban J connectivity index is 3.41. The Hall–Kier alpha value is -0.220. The molecule has 0 aromatic carbocycles. The van der Waals surface area contributed by atoms with E-state index in [0.29, 0.717) is 5.75 Å². The van der Waals surface area contributed by atoms with Gasteiger partial charge in [0.2, 0.25) is 0 Å². The minimum absolute atomic E-state index is 0.332.